The maximum atomic E-state index is 14.2. The second kappa shape index (κ2) is 11.9. The topological polar surface area (TPSA) is 87.2 Å². The zero-order chi connectivity index (χ0) is 26.5. The number of hydrogen-bond donors (Lipinski definition) is 1. The first-order chi connectivity index (χ1) is 17.1. The summed E-state index contributed by atoms with van der Waals surface area (Å²) >= 11 is 0. The summed E-state index contributed by atoms with van der Waals surface area (Å²) in [5, 5.41) is 9.77. The van der Waals surface area contributed by atoms with Gasteiger partial charge in [-0.15, -0.1) is 0 Å². The number of carbonyl (C=O) groups excluding carboxylic acids is 1. The van der Waals surface area contributed by atoms with Gasteiger partial charge in [0.1, 0.15) is 22.6 Å². The van der Waals surface area contributed by atoms with Crippen molar-refractivity contribution in [3.8, 4) is 17.6 Å². The van der Waals surface area contributed by atoms with E-state index in [0.29, 0.717) is 12.0 Å². The number of halogens is 1. The molecule has 1 aliphatic rings. The average Bonchev–Trinajstić information content (AvgIpc) is 2.85. The lowest BCUT2D eigenvalue weighted by atomic mass is 10.0. The van der Waals surface area contributed by atoms with Crippen molar-refractivity contribution in [3.63, 3.8) is 0 Å². The largest absolute Gasteiger partial charge is 0.487 e. The second-order valence-electron chi connectivity index (χ2n) is 9.12. The molecule has 36 heavy (non-hydrogen) atoms. The number of unbranched alkanes of at least 4 members (excludes halogenated alkanes) is 1. The van der Waals surface area contributed by atoms with E-state index in [1.54, 1.807) is 32.2 Å². The van der Waals surface area contributed by atoms with Gasteiger partial charge in [-0.2, -0.15) is 4.31 Å². The van der Waals surface area contributed by atoms with E-state index in [4.69, 9.17) is 4.74 Å². The van der Waals surface area contributed by atoms with Gasteiger partial charge in [0, 0.05) is 37.5 Å². The molecule has 1 heterocycles. The van der Waals surface area contributed by atoms with Crippen LogP contribution in [0.15, 0.2) is 47.4 Å². The highest BCUT2D eigenvalue weighted by Gasteiger charge is 2.38. The molecule has 0 saturated heterocycles. The lowest BCUT2D eigenvalue weighted by Gasteiger charge is -2.37. The minimum Gasteiger partial charge on any atom is -0.487 e. The quantitative estimate of drug-likeness (QED) is 0.594. The number of nitrogens with zero attached hydrogens (tertiary/aromatic N) is 2. The molecule has 0 aliphatic carbocycles. The number of fused-ring (bicyclic) bond motifs is 1. The van der Waals surface area contributed by atoms with Crippen LogP contribution in [-0.4, -0.2) is 67.5 Å². The lowest BCUT2D eigenvalue weighted by Crippen LogP contribution is -2.50. The highest BCUT2D eigenvalue weighted by atomic mass is 32.2. The van der Waals surface area contributed by atoms with E-state index in [9.17, 15) is 22.7 Å². The first-order valence-electron chi connectivity index (χ1n) is 12.0. The van der Waals surface area contributed by atoms with Crippen molar-refractivity contribution in [1.29, 1.82) is 0 Å². The average molecular weight is 517 g/mol. The van der Waals surface area contributed by atoms with Gasteiger partial charge < -0.3 is 14.7 Å². The van der Waals surface area contributed by atoms with Gasteiger partial charge in [-0.3, -0.25) is 4.79 Å². The van der Waals surface area contributed by atoms with Gasteiger partial charge in [-0.05, 0) is 43.7 Å². The number of likely N-dealkylation sites (N-methyl/N-ethyl adjacent to an activating group) is 1. The van der Waals surface area contributed by atoms with Crippen molar-refractivity contribution in [2.45, 2.75) is 50.7 Å². The summed E-state index contributed by atoms with van der Waals surface area (Å²) in [6.45, 7) is 5.31. The molecule has 2 aromatic carbocycles. The van der Waals surface area contributed by atoms with E-state index in [0.717, 1.165) is 6.42 Å². The number of amides is 1. The van der Waals surface area contributed by atoms with E-state index in [1.165, 1.54) is 33.5 Å². The number of hydrogen-bond acceptors (Lipinski definition) is 5. The minimum absolute atomic E-state index is 0.0242. The molecule has 1 amide bonds. The molecule has 0 saturated carbocycles. The molecule has 0 bridgehead atoms. The Balaban J connectivity index is 2.01. The van der Waals surface area contributed by atoms with Crippen LogP contribution in [0.1, 0.15) is 49.5 Å². The van der Waals surface area contributed by atoms with Gasteiger partial charge in [0.25, 0.3) is 5.91 Å². The summed E-state index contributed by atoms with van der Waals surface area (Å²) in [6.07, 6.45) is 1.01. The van der Waals surface area contributed by atoms with Crippen LogP contribution in [0.5, 0.6) is 5.75 Å². The maximum absolute atomic E-state index is 14.2. The highest BCUT2D eigenvalue weighted by Crippen LogP contribution is 2.34. The van der Waals surface area contributed by atoms with Crippen LogP contribution >= 0.6 is 0 Å². The molecule has 3 atom stereocenters. The molecule has 1 aliphatic heterocycles. The Hall–Kier alpha value is -2.93. The number of rotatable bonds is 6. The van der Waals surface area contributed by atoms with Gasteiger partial charge in [-0.25, -0.2) is 12.8 Å². The van der Waals surface area contributed by atoms with Gasteiger partial charge in [-0.1, -0.05) is 37.8 Å². The SMILES string of the molecule is CCCC#Cc1ccc2c(c1)O[C@H](CN(C)C(=O)c1ccccc1F)[C@@H](C)CN([C@H](C)CO)S2(=O)=O. The number of ether oxygens (including phenoxy) is 1. The third-order valence-corrected chi connectivity index (χ3v) is 8.20. The Bertz CT molecular complexity index is 1250. The van der Waals surface area contributed by atoms with E-state index in [-0.39, 0.29) is 41.8 Å². The van der Waals surface area contributed by atoms with Gasteiger partial charge in [0.15, 0.2) is 0 Å². The molecule has 1 N–H and O–H groups in total. The molecule has 194 valence electrons. The fourth-order valence-electron chi connectivity index (χ4n) is 4.00. The Morgan fingerprint density at radius 1 is 1.31 bits per heavy atom. The van der Waals surface area contributed by atoms with Crippen molar-refractivity contribution in [1.82, 2.24) is 9.21 Å². The van der Waals surface area contributed by atoms with Crippen LogP contribution in [0.4, 0.5) is 4.39 Å². The number of benzene rings is 2. The lowest BCUT2D eigenvalue weighted by molar-refractivity contribution is 0.0560. The molecule has 3 rings (SSSR count). The van der Waals surface area contributed by atoms with Crippen LogP contribution in [-0.2, 0) is 10.0 Å². The Morgan fingerprint density at radius 2 is 2.03 bits per heavy atom. The zero-order valence-corrected chi connectivity index (χ0v) is 21.9. The van der Waals surface area contributed by atoms with Crippen LogP contribution in [0.25, 0.3) is 0 Å². The summed E-state index contributed by atoms with van der Waals surface area (Å²) in [4.78, 5) is 14.3. The summed E-state index contributed by atoms with van der Waals surface area (Å²) in [5.41, 5.74) is 0.562. The van der Waals surface area contributed by atoms with E-state index in [1.807, 2.05) is 13.8 Å². The number of sulfonamides is 1. The molecule has 0 radical (unpaired) electrons. The standard InChI is InChI=1S/C27H33FN2O5S/c1-5-6-7-10-21-13-14-26-24(15-21)35-25(19(2)16-30(20(3)18-31)36(26,33)34)17-29(4)27(32)22-11-8-9-12-23(22)28/h8-9,11-15,19-20,25,31H,5-6,16-18H2,1-4H3/t19-,20+,25+/m0/s1. The highest BCUT2D eigenvalue weighted by molar-refractivity contribution is 7.89. The van der Waals surface area contributed by atoms with E-state index in [2.05, 4.69) is 11.8 Å². The predicted octanol–water partition coefficient (Wildman–Crippen LogP) is 3.52. The number of aliphatic hydroxyl groups excluding tert-OH is 1. The molecule has 0 spiro atoms. The fourth-order valence-corrected chi connectivity index (χ4v) is 5.83. The Morgan fingerprint density at radius 3 is 2.69 bits per heavy atom. The molecular formula is C27H33FN2O5S. The van der Waals surface area contributed by atoms with Crippen molar-refractivity contribution in [3.05, 3.63) is 59.4 Å². The zero-order valence-electron chi connectivity index (χ0n) is 21.1. The first kappa shape index (κ1) is 27.7. The Kier molecular flexibility index (Phi) is 9.12. The van der Waals surface area contributed by atoms with Crippen LogP contribution < -0.4 is 4.74 Å². The molecular weight excluding hydrogens is 483 g/mol. The third-order valence-electron chi connectivity index (χ3n) is 6.18. The van der Waals surface area contributed by atoms with E-state index < -0.39 is 33.9 Å². The summed E-state index contributed by atoms with van der Waals surface area (Å²) in [5.74, 6) is 4.74. The summed E-state index contributed by atoms with van der Waals surface area (Å²) < 4.78 is 48.8. The first-order valence-corrected chi connectivity index (χ1v) is 13.5. The molecule has 0 fully saturated rings. The minimum atomic E-state index is -3.98. The number of aliphatic hydroxyl groups is 1. The van der Waals surface area contributed by atoms with Crippen molar-refractivity contribution in [2.75, 3.05) is 26.7 Å². The van der Waals surface area contributed by atoms with Gasteiger partial charge >= 0.3 is 0 Å². The number of carbonyl (C=O) groups is 1. The normalized spacial score (nSPS) is 20.1. The van der Waals surface area contributed by atoms with Crippen LogP contribution in [0.2, 0.25) is 0 Å². The molecule has 9 heteroatoms. The van der Waals surface area contributed by atoms with Gasteiger partial charge in [0.05, 0.1) is 18.7 Å². The predicted molar refractivity (Wildman–Crippen MR) is 136 cm³/mol. The second-order valence-corrected chi connectivity index (χ2v) is 11.0. The van der Waals surface area contributed by atoms with Crippen molar-refractivity contribution < 1.29 is 27.4 Å². The molecule has 2 aromatic rings. The van der Waals surface area contributed by atoms with Gasteiger partial charge in [0.2, 0.25) is 10.0 Å². The van der Waals surface area contributed by atoms with Crippen LogP contribution in [0.3, 0.4) is 0 Å². The smallest absolute Gasteiger partial charge is 0.256 e. The summed E-state index contributed by atoms with van der Waals surface area (Å²) in [6, 6.07) is 9.80. The third kappa shape index (κ3) is 6.06. The van der Waals surface area contributed by atoms with Crippen molar-refractivity contribution in [2.24, 2.45) is 5.92 Å². The molecule has 7 nitrogen and oxygen atoms in total. The van der Waals surface area contributed by atoms with E-state index >= 15 is 0 Å². The maximum Gasteiger partial charge on any atom is 0.256 e. The fraction of sp³-hybridized carbons (Fsp3) is 0.444. The summed E-state index contributed by atoms with van der Waals surface area (Å²) in [7, 11) is -2.42. The van der Waals surface area contributed by atoms with Crippen molar-refractivity contribution >= 4 is 15.9 Å². The molecule has 0 unspecified atom stereocenters. The van der Waals surface area contributed by atoms with Crippen LogP contribution in [0, 0.1) is 23.6 Å². The monoisotopic (exact) mass is 516 g/mol. The Labute approximate surface area is 212 Å². The molecule has 0 aromatic heterocycles.